The Balaban J connectivity index is 2.72. The standard InChI is InChI=1S/C7H7F2I/c8-6-1-5(4-10)2-7(9)3-6/h1-2,6H,3-4H2. The summed E-state index contributed by atoms with van der Waals surface area (Å²) in [5.74, 6) is -0.346. The maximum atomic E-state index is 12.5. The third-order valence-corrected chi connectivity index (χ3v) is 2.16. The second-order valence-electron chi connectivity index (χ2n) is 2.19. The molecule has 1 atom stereocenters. The smallest absolute Gasteiger partial charge is 0.125 e. The molecule has 0 bridgehead atoms. The lowest BCUT2D eigenvalue weighted by Gasteiger charge is -2.08. The molecule has 0 aromatic rings. The van der Waals surface area contributed by atoms with Crippen molar-refractivity contribution < 1.29 is 8.78 Å². The lowest BCUT2D eigenvalue weighted by molar-refractivity contribution is 0.367. The number of alkyl halides is 2. The van der Waals surface area contributed by atoms with Crippen LogP contribution >= 0.6 is 22.6 Å². The first-order valence-corrected chi connectivity index (χ1v) is 4.51. The lowest BCUT2D eigenvalue weighted by atomic mass is 10.1. The van der Waals surface area contributed by atoms with Crippen molar-refractivity contribution in [3.8, 4) is 0 Å². The van der Waals surface area contributed by atoms with E-state index in [9.17, 15) is 8.78 Å². The van der Waals surface area contributed by atoms with E-state index in [0.717, 1.165) is 5.57 Å². The molecule has 0 radical (unpaired) electrons. The van der Waals surface area contributed by atoms with Crippen LogP contribution in [-0.2, 0) is 0 Å². The lowest BCUT2D eigenvalue weighted by Crippen LogP contribution is -2.02. The Morgan fingerprint density at radius 1 is 1.70 bits per heavy atom. The van der Waals surface area contributed by atoms with E-state index in [1.165, 1.54) is 12.2 Å². The average Bonchev–Trinajstić information content (AvgIpc) is 1.85. The fourth-order valence-corrected chi connectivity index (χ4v) is 1.34. The molecular weight excluding hydrogens is 249 g/mol. The zero-order valence-corrected chi connectivity index (χ0v) is 7.44. The summed E-state index contributed by atoms with van der Waals surface area (Å²) in [5.41, 5.74) is 0.747. The van der Waals surface area contributed by atoms with Gasteiger partial charge >= 0.3 is 0 Å². The van der Waals surface area contributed by atoms with Crippen LogP contribution in [0.3, 0.4) is 0 Å². The Morgan fingerprint density at radius 3 is 2.90 bits per heavy atom. The van der Waals surface area contributed by atoms with Crippen molar-refractivity contribution in [2.45, 2.75) is 12.6 Å². The first-order valence-electron chi connectivity index (χ1n) is 2.99. The number of halogens is 3. The van der Waals surface area contributed by atoms with E-state index in [1.807, 2.05) is 0 Å². The van der Waals surface area contributed by atoms with E-state index in [0.29, 0.717) is 4.43 Å². The van der Waals surface area contributed by atoms with Gasteiger partial charge in [0.25, 0.3) is 0 Å². The molecule has 56 valence electrons. The van der Waals surface area contributed by atoms with Crippen molar-refractivity contribution in [3.63, 3.8) is 0 Å². The van der Waals surface area contributed by atoms with Crippen LogP contribution in [0.5, 0.6) is 0 Å². The normalized spacial score (nSPS) is 25.7. The van der Waals surface area contributed by atoms with Crippen LogP contribution in [0.1, 0.15) is 6.42 Å². The van der Waals surface area contributed by atoms with Gasteiger partial charge in [-0.15, -0.1) is 0 Å². The number of hydrogen-bond acceptors (Lipinski definition) is 0. The first kappa shape index (κ1) is 8.17. The van der Waals surface area contributed by atoms with Crippen molar-refractivity contribution in [1.29, 1.82) is 0 Å². The summed E-state index contributed by atoms with van der Waals surface area (Å²) in [6, 6.07) is 0. The zero-order chi connectivity index (χ0) is 7.56. The third kappa shape index (κ3) is 2.04. The van der Waals surface area contributed by atoms with Gasteiger partial charge in [-0.2, -0.15) is 0 Å². The van der Waals surface area contributed by atoms with Gasteiger partial charge in [-0.05, 0) is 17.7 Å². The van der Waals surface area contributed by atoms with Crippen LogP contribution in [0, 0.1) is 0 Å². The molecular formula is C7H7F2I. The maximum absolute atomic E-state index is 12.5. The van der Waals surface area contributed by atoms with Gasteiger partial charge in [-0.25, -0.2) is 8.78 Å². The highest BCUT2D eigenvalue weighted by molar-refractivity contribution is 14.1. The second-order valence-corrected chi connectivity index (χ2v) is 2.95. The van der Waals surface area contributed by atoms with Gasteiger partial charge in [0.15, 0.2) is 0 Å². The van der Waals surface area contributed by atoms with Crippen molar-refractivity contribution in [2.24, 2.45) is 0 Å². The van der Waals surface area contributed by atoms with Crippen LogP contribution in [0.2, 0.25) is 0 Å². The number of allylic oxidation sites excluding steroid dienone is 4. The van der Waals surface area contributed by atoms with Gasteiger partial charge in [0.05, 0.1) is 0 Å². The van der Waals surface area contributed by atoms with Gasteiger partial charge in [0.1, 0.15) is 12.0 Å². The van der Waals surface area contributed by atoms with E-state index in [4.69, 9.17) is 0 Å². The topological polar surface area (TPSA) is 0 Å². The number of hydrogen-bond donors (Lipinski definition) is 0. The minimum atomic E-state index is -1.12. The molecule has 1 aliphatic rings. The highest BCUT2D eigenvalue weighted by Crippen LogP contribution is 2.21. The molecule has 1 unspecified atom stereocenters. The summed E-state index contributed by atoms with van der Waals surface area (Å²) in [4.78, 5) is 0. The zero-order valence-electron chi connectivity index (χ0n) is 5.28. The van der Waals surface area contributed by atoms with Crippen molar-refractivity contribution in [1.82, 2.24) is 0 Å². The van der Waals surface area contributed by atoms with Crippen LogP contribution in [0.4, 0.5) is 8.78 Å². The molecule has 0 aromatic carbocycles. The second kappa shape index (κ2) is 3.46. The monoisotopic (exact) mass is 256 g/mol. The van der Waals surface area contributed by atoms with Gasteiger partial charge in [-0.3, -0.25) is 0 Å². The van der Waals surface area contributed by atoms with Gasteiger partial charge in [-0.1, -0.05) is 22.6 Å². The minimum absolute atomic E-state index is 0.0832. The highest BCUT2D eigenvalue weighted by atomic mass is 127. The van der Waals surface area contributed by atoms with Crippen LogP contribution < -0.4 is 0 Å². The molecule has 0 nitrogen and oxygen atoms in total. The van der Waals surface area contributed by atoms with E-state index in [2.05, 4.69) is 22.6 Å². The predicted octanol–water partition coefficient (Wildman–Crippen LogP) is 2.94. The fourth-order valence-electron chi connectivity index (χ4n) is 0.869. The molecule has 0 fully saturated rings. The first-order chi connectivity index (χ1) is 4.72. The molecule has 1 rings (SSSR count). The Kier molecular flexibility index (Phi) is 2.82. The molecule has 0 N–H and O–H groups in total. The summed E-state index contributed by atoms with van der Waals surface area (Å²) >= 11 is 2.08. The SMILES string of the molecule is FC1=CC(CI)=CC(F)C1. The Morgan fingerprint density at radius 2 is 2.40 bits per heavy atom. The molecule has 3 heteroatoms. The number of rotatable bonds is 1. The molecule has 0 saturated carbocycles. The van der Waals surface area contributed by atoms with Gasteiger partial charge in [0.2, 0.25) is 0 Å². The highest BCUT2D eigenvalue weighted by Gasteiger charge is 2.12. The Hall–Kier alpha value is 0.0700. The Bertz CT molecular complexity index is 184. The molecule has 0 aliphatic heterocycles. The summed E-state index contributed by atoms with van der Waals surface area (Å²) in [6.07, 6.45) is 1.67. The van der Waals surface area contributed by atoms with E-state index >= 15 is 0 Å². The van der Waals surface area contributed by atoms with E-state index in [-0.39, 0.29) is 12.2 Å². The summed E-state index contributed by atoms with van der Waals surface area (Å²) < 4.78 is 25.6. The molecule has 0 amide bonds. The average molecular weight is 256 g/mol. The molecule has 0 aromatic heterocycles. The van der Waals surface area contributed by atoms with Crippen molar-refractivity contribution in [3.05, 3.63) is 23.6 Å². The minimum Gasteiger partial charge on any atom is -0.242 e. The van der Waals surface area contributed by atoms with Crippen LogP contribution in [0.25, 0.3) is 0 Å². The van der Waals surface area contributed by atoms with Crippen molar-refractivity contribution in [2.75, 3.05) is 4.43 Å². The van der Waals surface area contributed by atoms with E-state index < -0.39 is 6.17 Å². The fraction of sp³-hybridized carbons (Fsp3) is 0.429. The summed E-state index contributed by atoms with van der Waals surface area (Å²) in [7, 11) is 0. The van der Waals surface area contributed by atoms with Gasteiger partial charge in [0, 0.05) is 10.8 Å². The predicted molar refractivity (Wildman–Crippen MR) is 45.7 cm³/mol. The quantitative estimate of drug-likeness (QED) is 0.499. The molecule has 0 heterocycles. The molecule has 10 heavy (non-hydrogen) atoms. The van der Waals surface area contributed by atoms with E-state index in [1.54, 1.807) is 0 Å². The van der Waals surface area contributed by atoms with Crippen LogP contribution in [-0.4, -0.2) is 10.6 Å². The van der Waals surface area contributed by atoms with Crippen LogP contribution in [0.15, 0.2) is 23.6 Å². The molecule has 0 spiro atoms. The third-order valence-electron chi connectivity index (χ3n) is 1.28. The van der Waals surface area contributed by atoms with Gasteiger partial charge < -0.3 is 0 Å². The summed E-state index contributed by atoms with van der Waals surface area (Å²) in [6.45, 7) is 0. The molecule has 0 saturated heterocycles. The Labute approximate surface area is 72.1 Å². The maximum Gasteiger partial charge on any atom is 0.125 e. The summed E-state index contributed by atoms with van der Waals surface area (Å²) in [5, 5.41) is 0. The molecule has 1 aliphatic carbocycles. The largest absolute Gasteiger partial charge is 0.242 e. The van der Waals surface area contributed by atoms with Crippen molar-refractivity contribution >= 4 is 22.6 Å².